The second-order valence-corrected chi connectivity index (χ2v) is 7.16. The molecule has 11 heteroatoms. The number of carbonyl (C=O) groups is 1. The maximum atomic E-state index is 12.3. The van der Waals surface area contributed by atoms with Crippen LogP contribution in [-0.4, -0.2) is 37.3 Å². The molecule has 0 aliphatic carbocycles. The maximum absolute atomic E-state index is 12.3. The van der Waals surface area contributed by atoms with Gasteiger partial charge in [0, 0.05) is 22.8 Å². The lowest BCUT2D eigenvalue weighted by molar-refractivity contribution is -0.385. The molecular formula is C22H19N7O4. The molecule has 33 heavy (non-hydrogen) atoms. The smallest absolute Gasteiger partial charge is 0.272 e. The van der Waals surface area contributed by atoms with E-state index in [1.807, 2.05) is 30.3 Å². The molecule has 4 aromatic rings. The number of carbonyl (C=O) groups excluding carboxylic acids is 1. The quantitative estimate of drug-likeness (QED) is 0.261. The molecule has 0 radical (unpaired) electrons. The zero-order chi connectivity index (χ0) is 23.4. The summed E-state index contributed by atoms with van der Waals surface area (Å²) < 4.78 is 7.14. The first-order chi connectivity index (χ1) is 15.9. The number of amides is 1. The molecule has 2 heterocycles. The summed E-state index contributed by atoms with van der Waals surface area (Å²) in [6.07, 6.45) is 1.37. The van der Waals surface area contributed by atoms with Crippen molar-refractivity contribution < 1.29 is 14.1 Å². The van der Waals surface area contributed by atoms with Crippen molar-refractivity contribution in [1.82, 2.24) is 25.6 Å². The average Bonchev–Trinajstić information content (AvgIpc) is 3.46. The van der Waals surface area contributed by atoms with Crippen LogP contribution in [0.4, 0.5) is 5.69 Å². The second-order valence-electron chi connectivity index (χ2n) is 7.16. The number of hydrazone groups is 1. The van der Waals surface area contributed by atoms with Gasteiger partial charge in [-0.3, -0.25) is 14.9 Å². The summed E-state index contributed by atoms with van der Waals surface area (Å²) in [7, 11) is 0. The number of furan rings is 1. The summed E-state index contributed by atoms with van der Waals surface area (Å²) in [6.45, 7) is 3.39. The summed E-state index contributed by atoms with van der Waals surface area (Å²) in [6, 6.07) is 15.8. The van der Waals surface area contributed by atoms with E-state index >= 15 is 0 Å². The predicted octanol–water partition coefficient (Wildman–Crippen LogP) is 3.28. The van der Waals surface area contributed by atoms with E-state index in [9.17, 15) is 14.9 Å². The van der Waals surface area contributed by atoms with Crippen molar-refractivity contribution >= 4 is 17.8 Å². The van der Waals surface area contributed by atoms with E-state index in [0.717, 1.165) is 16.7 Å². The summed E-state index contributed by atoms with van der Waals surface area (Å²) in [4.78, 5) is 23.0. The van der Waals surface area contributed by atoms with Gasteiger partial charge in [0.2, 0.25) is 0 Å². The number of nitro groups is 1. The summed E-state index contributed by atoms with van der Waals surface area (Å²) in [5, 5.41) is 26.5. The largest absolute Gasteiger partial charge is 0.455 e. The molecule has 1 amide bonds. The first kappa shape index (κ1) is 21.6. The molecule has 0 bridgehead atoms. The van der Waals surface area contributed by atoms with E-state index in [2.05, 4.69) is 26.1 Å². The lowest BCUT2D eigenvalue weighted by atomic mass is 10.00. The SMILES string of the molecule is Cc1c(-c2ccc(/C=N\NC(=O)Cn3nnnc3-c3ccccc3)o2)ccc([N+](=O)[O-])c1C. The Morgan fingerprint density at radius 1 is 1.15 bits per heavy atom. The molecule has 0 spiro atoms. The van der Waals surface area contributed by atoms with E-state index in [0.29, 0.717) is 22.9 Å². The van der Waals surface area contributed by atoms with Crippen molar-refractivity contribution in [3.05, 3.63) is 81.6 Å². The van der Waals surface area contributed by atoms with Gasteiger partial charge in [0.15, 0.2) is 5.82 Å². The molecule has 0 unspecified atom stereocenters. The fourth-order valence-electron chi connectivity index (χ4n) is 3.28. The van der Waals surface area contributed by atoms with Crippen LogP contribution in [0.3, 0.4) is 0 Å². The topological polar surface area (TPSA) is 141 Å². The Bertz CT molecular complexity index is 1340. The molecule has 0 fully saturated rings. The lowest BCUT2D eigenvalue weighted by Crippen LogP contribution is -2.24. The van der Waals surface area contributed by atoms with Crippen LogP contribution in [0.1, 0.15) is 16.9 Å². The number of hydrogen-bond donors (Lipinski definition) is 1. The van der Waals surface area contributed by atoms with Crippen molar-refractivity contribution in [2.45, 2.75) is 20.4 Å². The Kier molecular flexibility index (Phi) is 6.02. The lowest BCUT2D eigenvalue weighted by Gasteiger charge is -2.06. The van der Waals surface area contributed by atoms with Gasteiger partial charge in [-0.2, -0.15) is 5.10 Å². The molecule has 0 saturated carbocycles. The Morgan fingerprint density at radius 3 is 2.70 bits per heavy atom. The van der Waals surface area contributed by atoms with Gasteiger partial charge in [-0.1, -0.05) is 30.3 Å². The van der Waals surface area contributed by atoms with Crippen LogP contribution in [0, 0.1) is 24.0 Å². The number of aromatic nitrogens is 4. The number of tetrazole rings is 1. The molecule has 2 aromatic carbocycles. The third kappa shape index (κ3) is 4.66. The Hall–Kier alpha value is -4.67. The molecule has 166 valence electrons. The number of nitrogens with one attached hydrogen (secondary N) is 1. The summed E-state index contributed by atoms with van der Waals surface area (Å²) in [5.74, 6) is 1.01. The second kappa shape index (κ2) is 9.22. The molecule has 4 rings (SSSR count). The van der Waals surface area contributed by atoms with Crippen LogP contribution in [0.15, 0.2) is 64.1 Å². The van der Waals surface area contributed by atoms with E-state index in [-0.39, 0.29) is 12.2 Å². The highest BCUT2D eigenvalue weighted by Crippen LogP contribution is 2.31. The molecule has 11 nitrogen and oxygen atoms in total. The van der Waals surface area contributed by atoms with E-state index in [4.69, 9.17) is 4.42 Å². The van der Waals surface area contributed by atoms with Crippen molar-refractivity contribution in [1.29, 1.82) is 0 Å². The average molecular weight is 445 g/mol. The molecule has 0 saturated heterocycles. The molecule has 0 aliphatic rings. The third-order valence-corrected chi connectivity index (χ3v) is 5.09. The van der Waals surface area contributed by atoms with Crippen molar-refractivity contribution in [2.75, 3.05) is 0 Å². The minimum Gasteiger partial charge on any atom is -0.455 e. The van der Waals surface area contributed by atoms with Crippen LogP contribution >= 0.6 is 0 Å². The van der Waals surface area contributed by atoms with Gasteiger partial charge in [0.25, 0.3) is 11.6 Å². The summed E-state index contributed by atoms with van der Waals surface area (Å²) in [5.41, 5.74) is 5.35. The van der Waals surface area contributed by atoms with Crippen molar-refractivity contribution in [3.8, 4) is 22.7 Å². The van der Waals surface area contributed by atoms with Crippen LogP contribution in [-0.2, 0) is 11.3 Å². The predicted molar refractivity (Wildman–Crippen MR) is 119 cm³/mol. The van der Waals surface area contributed by atoms with Crippen LogP contribution in [0.5, 0.6) is 0 Å². The maximum Gasteiger partial charge on any atom is 0.272 e. The van der Waals surface area contributed by atoms with Crippen molar-refractivity contribution in [2.24, 2.45) is 5.10 Å². The van der Waals surface area contributed by atoms with E-state index in [1.54, 1.807) is 32.0 Å². The minimum absolute atomic E-state index is 0.0605. The Morgan fingerprint density at radius 2 is 1.94 bits per heavy atom. The van der Waals surface area contributed by atoms with Gasteiger partial charge in [-0.05, 0) is 48.0 Å². The van der Waals surface area contributed by atoms with Crippen molar-refractivity contribution in [3.63, 3.8) is 0 Å². The first-order valence-electron chi connectivity index (χ1n) is 9.92. The fourth-order valence-corrected chi connectivity index (χ4v) is 3.28. The first-order valence-corrected chi connectivity index (χ1v) is 9.92. The van der Waals surface area contributed by atoms with Gasteiger partial charge >= 0.3 is 0 Å². The van der Waals surface area contributed by atoms with Gasteiger partial charge in [-0.25, -0.2) is 10.1 Å². The van der Waals surface area contributed by atoms with E-state index in [1.165, 1.54) is 17.0 Å². The fraction of sp³-hybridized carbons (Fsp3) is 0.136. The van der Waals surface area contributed by atoms with Gasteiger partial charge in [0.05, 0.1) is 11.1 Å². The number of nitrogens with zero attached hydrogens (tertiary/aromatic N) is 6. The van der Waals surface area contributed by atoms with Gasteiger partial charge < -0.3 is 4.42 Å². The highest BCUT2D eigenvalue weighted by atomic mass is 16.6. The normalized spacial score (nSPS) is 11.1. The van der Waals surface area contributed by atoms with Crippen LogP contribution in [0.25, 0.3) is 22.7 Å². The van der Waals surface area contributed by atoms with E-state index < -0.39 is 10.8 Å². The molecular weight excluding hydrogens is 426 g/mol. The highest BCUT2D eigenvalue weighted by molar-refractivity contribution is 5.81. The number of hydrogen-bond acceptors (Lipinski definition) is 8. The van der Waals surface area contributed by atoms with Crippen LogP contribution in [0.2, 0.25) is 0 Å². The molecule has 0 atom stereocenters. The zero-order valence-corrected chi connectivity index (χ0v) is 17.8. The van der Waals surface area contributed by atoms with Crippen LogP contribution < -0.4 is 5.43 Å². The Labute approximate surface area is 187 Å². The standard InChI is InChI=1S/C22H19N7O4/c1-14-15(2)19(29(31)32)10-9-18(14)20-11-8-17(33-20)12-23-24-21(30)13-28-22(25-26-27-28)16-6-4-3-5-7-16/h3-12H,13H2,1-2H3,(H,24,30)/b23-12-. The highest BCUT2D eigenvalue weighted by Gasteiger charge is 2.17. The Balaban J connectivity index is 1.41. The monoisotopic (exact) mass is 445 g/mol. The molecule has 2 aromatic heterocycles. The number of rotatable bonds is 7. The number of nitro benzene ring substituents is 1. The summed E-state index contributed by atoms with van der Waals surface area (Å²) >= 11 is 0. The van der Waals surface area contributed by atoms with Gasteiger partial charge in [-0.15, -0.1) is 5.10 Å². The minimum atomic E-state index is -0.413. The zero-order valence-electron chi connectivity index (χ0n) is 17.8. The molecule has 0 aliphatic heterocycles. The number of benzene rings is 2. The third-order valence-electron chi connectivity index (χ3n) is 5.09. The molecule has 1 N–H and O–H groups in total. The van der Waals surface area contributed by atoms with Gasteiger partial charge in [0.1, 0.15) is 18.1 Å².